The summed E-state index contributed by atoms with van der Waals surface area (Å²) in [5.74, 6) is -1.17. The van der Waals surface area contributed by atoms with Crippen molar-refractivity contribution in [2.45, 2.75) is 56.1 Å². The number of nitrogens with one attached hydrogen (secondary N) is 1. The van der Waals surface area contributed by atoms with Gasteiger partial charge in [0.2, 0.25) is 0 Å². The molecule has 2 aliphatic rings. The first-order valence-corrected chi connectivity index (χ1v) is 7.10. The van der Waals surface area contributed by atoms with Gasteiger partial charge in [0.15, 0.2) is 11.6 Å². The molecule has 0 unspecified atom stereocenters. The van der Waals surface area contributed by atoms with E-state index in [0.717, 1.165) is 37.7 Å². The van der Waals surface area contributed by atoms with Gasteiger partial charge in [0.05, 0.1) is 0 Å². The Balaban J connectivity index is 1.54. The van der Waals surface area contributed by atoms with E-state index in [1.807, 2.05) is 0 Å². The van der Waals surface area contributed by atoms with E-state index in [4.69, 9.17) is 5.73 Å². The topological polar surface area (TPSA) is 38.0 Å². The van der Waals surface area contributed by atoms with Gasteiger partial charge in [-0.1, -0.05) is 6.07 Å². The molecule has 0 spiro atoms. The maximum atomic E-state index is 13.2. The Bertz CT molecular complexity index is 455. The minimum Gasteiger partial charge on any atom is -0.328 e. The maximum Gasteiger partial charge on any atom is 0.159 e. The highest BCUT2D eigenvalue weighted by Gasteiger charge is 2.40. The molecular formula is C15H20F2N2. The molecule has 0 radical (unpaired) electrons. The average Bonchev–Trinajstić information content (AvgIpc) is 3.15. The second kappa shape index (κ2) is 5.17. The monoisotopic (exact) mass is 266 g/mol. The quantitative estimate of drug-likeness (QED) is 0.882. The molecule has 2 saturated carbocycles. The zero-order chi connectivity index (χ0) is 13.4. The van der Waals surface area contributed by atoms with E-state index in [2.05, 4.69) is 5.32 Å². The molecule has 1 aromatic carbocycles. The van der Waals surface area contributed by atoms with E-state index >= 15 is 0 Å². The van der Waals surface area contributed by atoms with Crippen LogP contribution in [-0.4, -0.2) is 18.1 Å². The van der Waals surface area contributed by atoms with Crippen LogP contribution in [-0.2, 0) is 0 Å². The Hall–Kier alpha value is -1.00. The number of hydrogen-bond acceptors (Lipinski definition) is 2. The van der Waals surface area contributed by atoms with Gasteiger partial charge in [0, 0.05) is 24.0 Å². The van der Waals surface area contributed by atoms with Gasteiger partial charge in [-0.05, 0) is 49.8 Å². The number of halogens is 2. The molecule has 0 aromatic heterocycles. The predicted molar refractivity (Wildman–Crippen MR) is 70.9 cm³/mol. The number of rotatable bonds is 3. The van der Waals surface area contributed by atoms with Crippen molar-refractivity contribution < 1.29 is 8.78 Å². The van der Waals surface area contributed by atoms with Crippen LogP contribution in [0.2, 0.25) is 0 Å². The van der Waals surface area contributed by atoms with Gasteiger partial charge in [-0.15, -0.1) is 0 Å². The molecule has 2 fully saturated rings. The molecule has 0 aliphatic heterocycles. The summed E-state index contributed by atoms with van der Waals surface area (Å²) < 4.78 is 26.1. The van der Waals surface area contributed by atoms with Crippen molar-refractivity contribution in [3.05, 3.63) is 35.4 Å². The molecule has 19 heavy (non-hydrogen) atoms. The SMILES string of the molecule is N[C@H]1CC[C@H](N[C@@H]2C[C@H]2c2ccc(F)c(F)c2)CC1. The second-order valence-corrected chi connectivity index (χ2v) is 5.90. The lowest BCUT2D eigenvalue weighted by Gasteiger charge is -2.27. The van der Waals surface area contributed by atoms with Gasteiger partial charge in [-0.25, -0.2) is 8.78 Å². The fourth-order valence-electron chi connectivity index (χ4n) is 3.08. The van der Waals surface area contributed by atoms with Crippen LogP contribution in [0.25, 0.3) is 0 Å². The lowest BCUT2D eigenvalue weighted by Crippen LogP contribution is -2.38. The van der Waals surface area contributed by atoms with E-state index < -0.39 is 11.6 Å². The Labute approximate surface area is 112 Å². The standard InChI is InChI=1S/C15H20F2N2/c16-13-6-1-9(7-14(13)17)12-8-15(12)19-11-4-2-10(18)3-5-11/h1,6-7,10-12,15,19H,2-5,8,18H2/t10-,11-,12-,15+/m0/s1. The predicted octanol–water partition coefficient (Wildman–Crippen LogP) is 2.68. The third-order valence-corrected chi connectivity index (χ3v) is 4.38. The molecule has 0 amide bonds. The van der Waals surface area contributed by atoms with Crippen molar-refractivity contribution in [2.24, 2.45) is 5.73 Å². The summed E-state index contributed by atoms with van der Waals surface area (Å²) in [6.07, 6.45) is 5.44. The zero-order valence-electron chi connectivity index (χ0n) is 10.9. The average molecular weight is 266 g/mol. The van der Waals surface area contributed by atoms with Crippen LogP contribution in [0.15, 0.2) is 18.2 Å². The van der Waals surface area contributed by atoms with Gasteiger partial charge in [-0.2, -0.15) is 0 Å². The summed E-state index contributed by atoms with van der Waals surface area (Å²) in [6, 6.07) is 5.57. The van der Waals surface area contributed by atoms with Crippen LogP contribution >= 0.6 is 0 Å². The van der Waals surface area contributed by atoms with Gasteiger partial charge >= 0.3 is 0 Å². The van der Waals surface area contributed by atoms with Crippen LogP contribution in [0, 0.1) is 11.6 Å². The molecule has 4 heteroatoms. The number of nitrogens with two attached hydrogens (primary N) is 1. The Morgan fingerprint density at radius 1 is 1.05 bits per heavy atom. The molecule has 2 aliphatic carbocycles. The molecule has 0 bridgehead atoms. The summed E-state index contributed by atoms with van der Waals surface area (Å²) in [6.45, 7) is 0. The Kier molecular flexibility index (Phi) is 3.54. The summed E-state index contributed by atoms with van der Waals surface area (Å²) in [7, 11) is 0. The fourth-order valence-corrected chi connectivity index (χ4v) is 3.08. The van der Waals surface area contributed by atoms with E-state index in [0.29, 0.717) is 24.0 Å². The number of hydrogen-bond donors (Lipinski definition) is 2. The highest BCUT2D eigenvalue weighted by atomic mass is 19.2. The Morgan fingerprint density at radius 2 is 1.79 bits per heavy atom. The smallest absolute Gasteiger partial charge is 0.159 e. The first-order valence-electron chi connectivity index (χ1n) is 7.10. The minimum absolute atomic E-state index is 0.339. The molecule has 2 nitrogen and oxygen atoms in total. The molecule has 104 valence electrons. The van der Waals surface area contributed by atoms with Gasteiger partial charge in [-0.3, -0.25) is 0 Å². The fraction of sp³-hybridized carbons (Fsp3) is 0.600. The first-order chi connectivity index (χ1) is 9.13. The molecule has 2 atom stereocenters. The maximum absolute atomic E-state index is 13.2. The van der Waals surface area contributed by atoms with Crippen LogP contribution < -0.4 is 11.1 Å². The summed E-state index contributed by atoms with van der Waals surface area (Å²) >= 11 is 0. The molecule has 1 aromatic rings. The van der Waals surface area contributed by atoms with Crippen molar-refractivity contribution in [3.8, 4) is 0 Å². The van der Waals surface area contributed by atoms with Gasteiger partial charge in [0.1, 0.15) is 0 Å². The van der Waals surface area contributed by atoms with Gasteiger partial charge in [0.25, 0.3) is 0 Å². The molecule has 3 rings (SSSR count). The lowest BCUT2D eigenvalue weighted by molar-refractivity contribution is 0.339. The van der Waals surface area contributed by atoms with E-state index in [9.17, 15) is 8.78 Å². The van der Waals surface area contributed by atoms with Crippen molar-refractivity contribution in [1.29, 1.82) is 0 Å². The largest absolute Gasteiger partial charge is 0.328 e. The lowest BCUT2D eigenvalue weighted by atomic mass is 9.92. The van der Waals surface area contributed by atoms with Crippen molar-refractivity contribution in [3.63, 3.8) is 0 Å². The van der Waals surface area contributed by atoms with E-state index in [1.54, 1.807) is 6.07 Å². The highest BCUT2D eigenvalue weighted by molar-refractivity contribution is 5.29. The van der Waals surface area contributed by atoms with Crippen molar-refractivity contribution >= 4 is 0 Å². The normalized spacial score (nSPS) is 34.3. The van der Waals surface area contributed by atoms with Crippen LogP contribution in [0.3, 0.4) is 0 Å². The zero-order valence-corrected chi connectivity index (χ0v) is 10.9. The second-order valence-electron chi connectivity index (χ2n) is 5.90. The summed E-state index contributed by atoms with van der Waals surface area (Å²) in [5.41, 5.74) is 6.79. The summed E-state index contributed by atoms with van der Waals surface area (Å²) in [5, 5.41) is 3.62. The molecular weight excluding hydrogens is 246 g/mol. The van der Waals surface area contributed by atoms with E-state index in [-0.39, 0.29) is 0 Å². The third-order valence-electron chi connectivity index (χ3n) is 4.38. The van der Waals surface area contributed by atoms with Crippen molar-refractivity contribution in [2.75, 3.05) is 0 Å². The van der Waals surface area contributed by atoms with Crippen LogP contribution in [0.4, 0.5) is 8.78 Å². The third kappa shape index (κ3) is 2.95. The van der Waals surface area contributed by atoms with E-state index in [1.165, 1.54) is 12.1 Å². The van der Waals surface area contributed by atoms with Crippen molar-refractivity contribution in [1.82, 2.24) is 5.32 Å². The molecule has 0 saturated heterocycles. The van der Waals surface area contributed by atoms with Gasteiger partial charge < -0.3 is 11.1 Å². The summed E-state index contributed by atoms with van der Waals surface area (Å²) in [4.78, 5) is 0. The molecule has 0 heterocycles. The van der Waals surface area contributed by atoms with Crippen LogP contribution in [0.1, 0.15) is 43.6 Å². The highest BCUT2D eigenvalue weighted by Crippen LogP contribution is 2.42. The van der Waals surface area contributed by atoms with Crippen LogP contribution in [0.5, 0.6) is 0 Å². The number of benzene rings is 1. The Morgan fingerprint density at radius 3 is 2.47 bits per heavy atom. The molecule has 3 N–H and O–H groups in total. The first kappa shape index (κ1) is 13.0. The minimum atomic E-state index is -0.768.